The molecule has 0 heterocycles. The lowest BCUT2D eigenvalue weighted by molar-refractivity contribution is 0.218. The fourth-order valence-electron chi connectivity index (χ4n) is 0.655. The van der Waals surface area contributed by atoms with Crippen LogP contribution in [0.4, 0.5) is 0 Å². The van der Waals surface area contributed by atoms with E-state index in [2.05, 4.69) is 4.52 Å². The molecule has 14 heavy (non-hydrogen) atoms. The number of rotatable bonds is 4. The maximum Gasteiger partial charge on any atom is 0.524 e. The van der Waals surface area contributed by atoms with Crippen LogP contribution >= 0.6 is 7.82 Å². The molecule has 6 nitrogen and oxygen atoms in total. The Morgan fingerprint density at radius 3 is 2.14 bits per heavy atom. The van der Waals surface area contributed by atoms with Crippen LogP contribution in [0.25, 0.3) is 0 Å². The molecule has 0 aromatic heterocycles. The van der Waals surface area contributed by atoms with E-state index in [1.54, 1.807) is 0 Å². The number of ether oxygens (including phenoxy) is 1. The van der Waals surface area contributed by atoms with Crippen LogP contribution in [0, 0.1) is 0 Å². The van der Waals surface area contributed by atoms with E-state index in [9.17, 15) is 9.36 Å². The van der Waals surface area contributed by atoms with Crippen LogP contribution in [0.15, 0.2) is 17.1 Å². The molecule has 80 valence electrons. The Morgan fingerprint density at radius 2 is 1.86 bits per heavy atom. The minimum absolute atomic E-state index is 0.0762. The Bertz CT molecular complexity index is 332. The molecule has 0 radical (unpaired) electrons. The van der Waals surface area contributed by atoms with Crippen molar-refractivity contribution in [3.05, 3.63) is 17.1 Å². The van der Waals surface area contributed by atoms with Crippen molar-refractivity contribution in [2.75, 3.05) is 7.11 Å². The molecule has 0 rings (SSSR count). The number of phosphoric acid groups is 1. The Hall–Kier alpha value is -1.06. The van der Waals surface area contributed by atoms with Crippen LogP contribution < -0.4 is 0 Å². The topological polar surface area (TPSA) is 93.1 Å². The van der Waals surface area contributed by atoms with Gasteiger partial charge in [0, 0.05) is 0 Å². The minimum atomic E-state index is -4.69. The molecule has 0 aliphatic heterocycles. The minimum Gasteiger partial charge on any atom is -0.497 e. The zero-order valence-corrected chi connectivity index (χ0v) is 8.87. The third-order valence-electron chi connectivity index (χ3n) is 1.33. The zero-order valence-electron chi connectivity index (χ0n) is 7.97. The molecule has 0 atom stereocenters. The second-order valence-electron chi connectivity index (χ2n) is 2.40. The van der Waals surface area contributed by atoms with Crippen molar-refractivity contribution in [2.45, 2.75) is 13.8 Å². The van der Waals surface area contributed by atoms with Crippen molar-refractivity contribution in [3.8, 4) is 0 Å². The van der Waals surface area contributed by atoms with Gasteiger partial charge in [-0.3, -0.25) is 9.79 Å². The van der Waals surface area contributed by atoms with Gasteiger partial charge in [0.15, 0.2) is 5.76 Å². The summed E-state index contributed by atoms with van der Waals surface area (Å²) in [4.78, 5) is 27.3. The molecule has 0 aliphatic carbocycles. The first-order chi connectivity index (χ1) is 6.31. The lowest BCUT2D eigenvalue weighted by Gasteiger charge is -2.11. The monoisotopic (exact) mass is 222 g/mol. The van der Waals surface area contributed by atoms with Crippen LogP contribution in [0.1, 0.15) is 13.8 Å². The molecule has 0 saturated carbocycles. The largest absolute Gasteiger partial charge is 0.524 e. The number of hydrogen-bond donors (Lipinski definition) is 2. The highest BCUT2D eigenvalue weighted by Crippen LogP contribution is 2.41. The van der Waals surface area contributed by atoms with Gasteiger partial charge in [0.25, 0.3) is 0 Å². The van der Waals surface area contributed by atoms with Crippen molar-refractivity contribution in [1.29, 1.82) is 0 Å². The van der Waals surface area contributed by atoms with Crippen molar-refractivity contribution >= 4 is 13.8 Å². The third kappa shape index (κ3) is 4.25. The Morgan fingerprint density at radius 1 is 1.36 bits per heavy atom. The Kier molecular flexibility index (Phi) is 4.60. The third-order valence-corrected chi connectivity index (χ3v) is 1.75. The molecule has 2 N–H and O–H groups in total. The zero-order chi connectivity index (χ0) is 11.4. The quantitative estimate of drug-likeness (QED) is 0.315. The van der Waals surface area contributed by atoms with Crippen molar-refractivity contribution in [2.24, 2.45) is 0 Å². The van der Waals surface area contributed by atoms with Gasteiger partial charge < -0.3 is 9.26 Å². The van der Waals surface area contributed by atoms with Crippen LogP contribution in [0.2, 0.25) is 0 Å². The van der Waals surface area contributed by atoms with E-state index in [4.69, 9.17) is 14.5 Å². The second-order valence-corrected chi connectivity index (χ2v) is 3.56. The fraction of sp³-hybridized carbons (Fsp3) is 0.429. The van der Waals surface area contributed by atoms with E-state index in [0.29, 0.717) is 0 Å². The van der Waals surface area contributed by atoms with Gasteiger partial charge in [0.2, 0.25) is 0 Å². The standard InChI is InChI=1S/C7H11O6P/c1-5(4-8)7(6(2)12-3)13-14(9,10)11/h1-3H3,(H2,9,10,11). The van der Waals surface area contributed by atoms with Crippen molar-refractivity contribution in [3.63, 3.8) is 0 Å². The average Bonchev–Trinajstić information content (AvgIpc) is 2.10. The number of carbonyl (C=O) groups excluding carboxylic acids is 1. The van der Waals surface area contributed by atoms with Gasteiger partial charge in [-0.1, -0.05) is 0 Å². The molecule has 0 aromatic rings. The Balaban J connectivity index is 5.16. The van der Waals surface area contributed by atoms with Gasteiger partial charge >= 0.3 is 7.82 Å². The van der Waals surface area contributed by atoms with Gasteiger partial charge in [-0.15, -0.1) is 0 Å². The molecule has 7 heteroatoms. The van der Waals surface area contributed by atoms with Gasteiger partial charge in [0.05, 0.1) is 12.7 Å². The number of allylic oxidation sites excluding steroid dienone is 2. The highest BCUT2D eigenvalue weighted by Gasteiger charge is 2.21. The molecule has 0 unspecified atom stereocenters. The maximum absolute atomic E-state index is 10.5. The predicted octanol–water partition coefficient (Wildman–Crippen LogP) is 0.751. The van der Waals surface area contributed by atoms with Gasteiger partial charge in [-0.2, -0.15) is 0 Å². The highest BCUT2D eigenvalue weighted by molar-refractivity contribution is 7.46. The van der Waals surface area contributed by atoms with Crippen LogP contribution in [0.3, 0.4) is 0 Å². The molecule has 0 fully saturated rings. The van der Waals surface area contributed by atoms with Crippen LogP contribution in [-0.4, -0.2) is 22.8 Å². The second kappa shape index (κ2) is 4.98. The number of methoxy groups -OCH3 is 1. The number of phosphoric ester groups is 1. The predicted molar refractivity (Wildman–Crippen MR) is 47.7 cm³/mol. The summed E-state index contributed by atoms with van der Waals surface area (Å²) in [6, 6.07) is 0. The molecule has 0 aliphatic rings. The first-order valence-electron chi connectivity index (χ1n) is 3.54. The fourth-order valence-corrected chi connectivity index (χ4v) is 1.16. The van der Waals surface area contributed by atoms with Gasteiger partial charge in [-0.05, 0) is 13.8 Å². The van der Waals surface area contributed by atoms with Crippen LogP contribution in [0.5, 0.6) is 0 Å². The van der Waals surface area contributed by atoms with E-state index < -0.39 is 7.82 Å². The summed E-state index contributed by atoms with van der Waals surface area (Å²) in [6.07, 6.45) is 0. The average molecular weight is 222 g/mol. The molecule has 0 bridgehead atoms. The SMILES string of the molecule is COC(C)=C(OP(=O)(O)O)C(C)=C=O. The van der Waals surface area contributed by atoms with E-state index in [0.717, 1.165) is 0 Å². The van der Waals surface area contributed by atoms with Crippen molar-refractivity contribution in [1.82, 2.24) is 0 Å². The molecular weight excluding hydrogens is 211 g/mol. The van der Waals surface area contributed by atoms with Gasteiger partial charge in [0.1, 0.15) is 11.7 Å². The summed E-state index contributed by atoms with van der Waals surface area (Å²) in [5.74, 6) is 1.26. The summed E-state index contributed by atoms with van der Waals surface area (Å²) >= 11 is 0. The molecular formula is C7H11O6P. The smallest absolute Gasteiger partial charge is 0.497 e. The summed E-state index contributed by atoms with van der Waals surface area (Å²) in [5.41, 5.74) is -0.0762. The Labute approximate surface area is 81.1 Å². The molecule has 0 spiro atoms. The molecule has 0 saturated heterocycles. The van der Waals surface area contributed by atoms with E-state index >= 15 is 0 Å². The normalized spacial score (nSPS) is 12.6. The van der Waals surface area contributed by atoms with Crippen LogP contribution in [-0.2, 0) is 18.6 Å². The number of hydrogen-bond acceptors (Lipinski definition) is 4. The summed E-state index contributed by atoms with van der Waals surface area (Å²) in [7, 11) is -3.41. The molecule has 0 aromatic carbocycles. The lowest BCUT2D eigenvalue weighted by Crippen LogP contribution is -1.98. The van der Waals surface area contributed by atoms with Gasteiger partial charge in [-0.25, -0.2) is 9.36 Å². The van der Waals surface area contributed by atoms with Crippen molar-refractivity contribution < 1.29 is 28.4 Å². The van der Waals surface area contributed by atoms with E-state index in [1.807, 2.05) is 0 Å². The summed E-state index contributed by atoms with van der Waals surface area (Å²) in [5, 5.41) is 0. The molecule has 0 amide bonds. The summed E-state index contributed by atoms with van der Waals surface area (Å²) < 4.78 is 19.5. The van der Waals surface area contributed by atoms with E-state index in [-0.39, 0.29) is 17.1 Å². The first kappa shape index (κ1) is 12.9. The maximum atomic E-state index is 10.5. The highest BCUT2D eigenvalue weighted by atomic mass is 31.2. The van der Waals surface area contributed by atoms with E-state index in [1.165, 1.54) is 26.9 Å². The summed E-state index contributed by atoms with van der Waals surface area (Å²) in [6.45, 7) is 2.71. The lowest BCUT2D eigenvalue weighted by atomic mass is 10.2. The first-order valence-corrected chi connectivity index (χ1v) is 5.07.